The highest BCUT2D eigenvalue weighted by atomic mass is 16.5. The maximum atomic E-state index is 11.5. The normalized spacial score (nSPS) is 11.2. The van der Waals surface area contributed by atoms with Crippen LogP contribution in [0.1, 0.15) is 25.5 Å². The SMILES string of the molecule is CCOC(=O)CCCNCc1nn2c(-c3ccc(OC)cc3)nnc2c2ccccc12. The van der Waals surface area contributed by atoms with Gasteiger partial charge in [-0.05, 0) is 44.2 Å². The van der Waals surface area contributed by atoms with Crippen LogP contribution in [0.4, 0.5) is 0 Å². The van der Waals surface area contributed by atoms with E-state index in [1.807, 2.05) is 55.5 Å². The van der Waals surface area contributed by atoms with Crippen molar-refractivity contribution in [1.82, 2.24) is 25.1 Å². The first kappa shape index (κ1) is 20.7. The summed E-state index contributed by atoms with van der Waals surface area (Å²) in [7, 11) is 1.64. The van der Waals surface area contributed by atoms with Crippen molar-refractivity contribution in [3.8, 4) is 17.1 Å². The van der Waals surface area contributed by atoms with Crippen LogP contribution in [0, 0.1) is 0 Å². The largest absolute Gasteiger partial charge is 0.497 e. The van der Waals surface area contributed by atoms with Crippen molar-refractivity contribution in [2.24, 2.45) is 0 Å². The molecule has 2 aromatic heterocycles. The lowest BCUT2D eigenvalue weighted by Crippen LogP contribution is -2.18. The molecule has 31 heavy (non-hydrogen) atoms. The Kier molecular flexibility index (Phi) is 6.37. The third-order valence-electron chi connectivity index (χ3n) is 5.02. The minimum atomic E-state index is -0.164. The molecule has 0 amide bonds. The van der Waals surface area contributed by atoms with Gasteiger partial charge in [-0.15, -0.1) is 10.2 Å². The van der Waals surface area contributed by atoms with Crippen molar-refractivity contribution in [1.29, 1.82) is 0 Å². The zero-order valence-corrected chi connectivity index (χ0v) is 17.7. The van der Waals surface area contributed by atoms with E-state index in [2.05, 4.69) is 15.5 Å². The number of nitrogens with one attached hydrogen (secondary N) is 1. The Hall–Kier alpha value is -3.52. The van der Waals surface area contributed by atoms with E-state index in [4.69, 9.17) is 14.6 Å². The van der Waals surface area contributed by atoms with Gasteiger partial charge in [0, 0.05) is 29.3 Å². The van der Waals surface area contributed by atoms with Gasteiger partial charge in [-0.1, -0.05) is 24.3 Å². The molecule has 0 aliphatic heterocycles. The van der Waals surface area contributed by atoms with Crippen LogP contribution in [0.15, 0.2) is 48.5 Å². The lowest BCUT2D eigenvalue weighted by atomic mass is 10.1. The van der Waals surface area contributed by atoms with E-state index >= 15 is 0 Å². The summed E-state index contributed by atoms with van der Waals surface area (Å²) in [5, 5.41) is 19.1. The van der Waals surface area contributed by atoms with E-state index in [0.717, 1.165) is 27.8 Å². The van der Waals surface area contributed by atoms with Gasteiger partial charge in [-0.2, -0.15) is 9.61 Å². The number of hydrogen-bond acceptors (Lipinski definition) is 7. The standard InChI is InChI=1S/C23H25N5O3/c1-3-31-21(29)9-6-14-24-15-20-18-7-4-5-8-19(18)23-26-25-22(28(23)27-20)16-10-12-17(30-2)13-11-16/h4-5,7-8,10-13,24H,3,6,9,14-15H2,1-2H3. The maximum absolute atomic E-state index is 11.5. The average molecular weight is 419 g/mol. The number of carbonyl (C=O) groups is 1. The molecule has 8 nitrogen and oxygen atoms in total. The van der Waals surface area contributed by atoms with Crippen LogP contribution in [0.3, 0.4) is 0 Å². The summed E-state index contributed by atoms with van der Waals surface area (Å²) in [5.41, 5.74) is 2.52. The third kappa shape index (κ3) is 4.49. The molecular formula is C23H25N5O3. The monoisotopic (exact) mass is 419 g/mol. The van der Waals surface area contributed by atoms with Crippen LogP contribution in [-0.4, -0.2) is 46.0 Å². The molecule has 0 saturated heterocycles. The lowest BCUT2D eigenvalue weighted by molar-refractivity contribution is -0.143. The molecule has 0 fully saturated rings. The van der Waals surface area contributed by atoms with Crippen LogP contribution in [0.25, 0.3) is 27.8 Å². The highest BCUT2D eigenvalue weighted by molar-refractivity contribution is 5.95. The minimum Gasteiger partial charge on any atom is -0.497 e. The topological polar surface area (TPSA) is 90.6 Å². The van der Waals surface area contributed by atoms with Crippen molar-refractivity contribution >= 4 is 22.4 Å². The van der Waals surface area contributed by atoms with Gasteiger partial charge in [-0.25, -0.2) is 0 Å². The number of fused-ring (bicyclic) bond motifs is 3. The van der Waals surface area contributed by atoms with E-state index in [-0.39, 0.29) is 5.97 Å². The van der Waals surface area contributed by atoms with Gasteiger partial charge >= 0.3 is 5.97 Å². The van der Waals surface area contributed by atoms with Gasteiger partial charge < -0.3 is 14.8 Å². The summed E-state index contributed by atoms with van der Waals surface area (Å²) >= 11 is 0. The first-order chi connectivity index (χ1) is 15.2. The summed E-state index contributed by atoms with van der Waals surface area (Å²) in [5.74, 6) is 1.29. The molecule has 8 heteroatoms. The van der Waals surface area contributed by atoms with Crippen LogP contribution >= 0.6 is 0 Å². The van der Waals surface area contributed by atoms with Gasteiger partial charge in [0.15, 0.2) is 11.5 Å². The third-order valence-corrected chi connectivity index (χ3v) is 5.02. The van der Waals surface area contributed by atoms with Crippen molar-refractivity contribution in [2.75, 3.05) is 20.3 Å². The lowest BCUT2D eigenvalue weighted by Gasteiger charge is -2.10. The molecule has 2 aromatic carbocycles. The molecule has 0 unspecified atom stereocenters. The van der Waals surface area contributed by atoms with Crippen LogP contribution in [0.5, 0.6) is 5.75 Å². The van der Waals surface area contributed by atoms with Gasteiger partial charge in [-0.3, -0.25) is 4.79 Å². The van der Waals surface area contributed by atoms with Crippen LogP contribution < -0.4 is 10.1 Å². The van der Waals surface area contributed by atoms with E-state index < -0.39 is 0 Å². The fourth-order valence-electron chi connectivity index (χ4n) is 3.50. The number of hydrogen-bond donors (Lipinski definition) is 1. The highest BCUT2D eigenvalue weighted by Crippen LogP contribution is 2.26. The molecular weight excluding hydrogens is 394 g/mol. The Morgan fingerprint density at radius 2 is 1.84 bits per heavy atom. The number of carbonyl (C=O) groups excluding carboxylic acids is 1. The van der Waals surface area contributed by atoms with Gasteiger partial charge in [0.25, 0.3) is 0 Å². The summed E-state index contributed by atoms with van der Waals surface area (Å²) in [6, 6.07) is 15.7. The first-order valence-electron chi connectivity index (χ1n) is 10.3. The zero-order valence-electron chi connectivity index (χ0n) is 17.7. The van der Waals surface area contributed by atoms with Crippen molar-refractivity contribution < 1.29 is 14.3 Å². The van der Waals surface area contributed by atoms with Crippen LogP contribution in [-0.2, 0) is 16.1 Å². The Balaban J connectivity index is 1.60. The average Bonchev–Trinajstić information content (AvgIpc) is 3.23. The zero-order chi connectivity index (χ0) is 21.6. The van der Waals surface area contributed by atoms with E-state index in [1.165, 1.54) is 0 Å². The predicted octanol–water partition coefficient (Wildman–Crippen LogP) is 3.39. The molecule has 2 heterocycles. The summed E-state index contributed by atoms with van der Waals surface area (Å²) < 4.78 is 12.0. The summed E-state index contributed by atoms with van der Waals surface area (Å²) in [6.45, 7) is 3.49. The number of nitrogens with zero attached hydrogens (tertiary/aromatic N) is 4. The molecule has 0 atom stereocenters. The number of ether oxygens (including phenoxy) is 2. The fraction of sp³-hybridized carbons (Fsp3) is 0.304. The van der Waals surface area contributed by atoms with Gasteiger partial charge in [0.1, 0.15) is 5.75 Å². The van der Waals surface area contributed by atoms with E-state index in [1.54, 1.807) is 11.6 Å². The number of rotatable bonds is 9. The van der Waals surface area contributed by atoms with E-state index in [9.17, 15) is 4.79 Å². The summed E-state index contributed by atoms with van der Waals surface area (Å²) in [6.07, 6.45) is 1.11. The highest BCUT2D eigenvalue weighted by Gasteiger charge is 2.15. The Morgan fingerprint density at radius 1 is 1.06 bits per heavy atom. The van der Waals surface area contributed by atoms with Crippen LogP contribution in [0.2, 0.25) is 0 Å². The molecule has 4 aromatic rings. The second-order valence-electron chi connectivity index (χ2n) is 7.07. The molecule has 4 rings (SSSR count). The number of benzene rings is 2. The minimum absolute atomic E-state index is 0.164. The Morgan fingerprint density at radius 3 is 2.58 bits per heavy atom. The van der Waals surface area contributed by atoms with Crippen molar-refractivity contribution in [3.05, 3.63) is 54.2 Å². The molecule has 0 aliphatic carbocycles. The molecule has 1 N–H and O–H groups in total. The fourth-order valence-corrected chi connectivity index (χ4v) is 3.50. The van der Waals surface area contributed by atoms with Crippen molar-refractivity contribution in [3.63, 3.8) is 0 Å². The predicted molar refractivity (Wildman–Crippen MR) is 118 cm³/mol. The molecule has 160 valence electrons. The molecule has 0 radical (unpaired) electrons. The number of methoxy groups -OCH3 is 1. The molecule has 0 aliphatic rings. The Labute approximate surface area is 180 Å². The number of aromatic nitrogens is 4. The van der Waals surface area contributed by atoms with Gasteiger partial charge in [0.2, 0.25) is 0 Å². The van der Waals surface area contributed by atoms with E-state index in [0.29, 0.717) is 44.0 Å². The maximum Gasteiger partial charge on any atom is 0.305 e. The Bertz CT molecular complexity index is 1190. The quantitative estimate of drug-likeness (QED) is 0.328. The van der Waals surface area contributed by atoms with Gasteiger partial charge in [0.05, 0.1) is 19.4 Å². The smallest absolute Gasteiger partial charge is 0.305 e. The summed E-state index contributed by atoms with van der Waals surface area (Å²) in [4.78, 5) is 11.5. The first-order valence-corrected chi connectivity index (χ1v) is 10.3. The number of esters is 1. The van der Waals surface area contributed by atoms with Crippen molar-refractivity contribution in [2.45, 2.75) is 26.3 Å². The molecule has 0 spiro atoms. The second-order valence-corrected chi connectivity index (χ2v) is 7.07. The second kappa shape index (κ2) is 9.53. The molecule has 0 bridgehead atoms. The molecule has 0 saturated carbocycles.